The van der Waals surface area contributed by atoms with Crippen LogP contribution in [0, 0.1) is 0 Å². The van der Waals surface area contributed by atoms with Crippen molar-refractivity contribution in [3.05, 3.63) is 0 Å². The van der Waals surface area contributed by atoms with Crippen LogP contribution in [-0.2, 0) is 4.79 Å². The van der Waals surface area contributed by atoms with Crippen molar-refractivity contribution < 1.29 is 9.90 Å². The second-order valence-corrected chi connectivity index (χ2v) is 4.01. The van der Waals surface area contributed by atoms with Crippen molar-refractivity contribution in [1.82, 2.24) is 4.90 Å². The number of hydrogen-bond donors (Lipinski definition) is 1. The first-order chi connectivity index (χ1) is 7.04. The molecule has 0 aliphatic rings. The van der Waals surface area contributed by atoms with Gasteiger partial charge in [-0.1, -0.05) is 33.1 Å². The molecule has 3 nitrogen and oxygen atoms in total. The van der Waals surface area contributed by atoms with E-state index in [0.29, 0.717) is 6.42 Å². The Labute approximate surface area is 94.5 Å². The highest BCUT2D eigenvalue weighted by Gasteiger charge is 1.93. The Morgan fingerprint density at radius 2 is 1.67 bits per heavy atom. The summed E-state index contributed by atoms with van der Waals surface area (Å²) in [6.45, 7) is 5.50. The lowest BCUT2D eigenvalue weighted by Gasteiger charge is -2.03. The van der Waals surface area contributed by atoms with Gasteiger partial charge in [-0.3, -0.25) is 4.79 Å². The zero-order valence-corrected chi connectivity index (χ0v) is 10.8. The molecule has 0 fully saturated rings. The van der Waals surface area contributed by atoms with Gasteiger partial charge in [-0.15, -0.1) is 0 Å². The van der Waals surface area contributed by atoms with Crippen molar-refractivity contribution in [2.75, 3.05) is 20.6 Å². The van der Waals surface area contributed by atoms with Gasteiger partial charge in [0, 0.05) is 6.42 Å². The first-order valence-corrected chi connectivity index (χ1v) is 5.91. The van der Waals surface area contributed by atoms with Gasteiger partial charge in [-0.25, -0.2) is 0 Å². The minimum atomic E-state index is -0.675. The van der Waals surface area contributed by atoms with Crippen molar-refractivity contribution in [3.8, 4) is 0 Å². The van der Waals surface area contributed by atoms with Crippen LogP contribution in [0.4, 0.5) is 0 Å². The van der Waals surface area contributed by atoms with Gasteiger partial charge >= 0.3 is 5.97 Å². The molecular weight excluding hydrogens is 190 g/mol. The number of unbranched alkanes of at least 4 members (excludes halogenated alkanes) is 3. The Morgan fingerprint density at radius 3 is 1.93 bits per heavy atom. The van der Waals surface area contributed by atoms with Gasteiger partial charge in [0.25, 0.3) is 0 Å². The number of hydrogen-bond acceptors (Lipinski definition) is 2. The Hall–Kier alpha value is -0.570. The molecule has 0 unspecified atom stereocenters. The van der Waals surface area contributed by atoms with Crippen LogP contribution in [0.1, 0.15) is 52.4 Å². The normalized spacial score (nSPS) is 9.67. The lowest BCUT2D eigenvalue weighted by Crippen LogP contribution is -2.11. The average Bonchev–Trinajstić information content (AvgIpc) is 2.13. The first kappa shape index (κ1) is 16.8. The number of carbonyl (C=O) groups is 1. The molecule has 0 amide bonds. The molecule has 3 heteroatoms. The molecule has 0 atom stereocenters. The summed E-state index contributed by atoms with van der Waals surface area (Å²) in [5, 5.41) is 8.21. The molecule has 1 N–H and O–H groups in total. The second kappa shape index (κ2) is 13.4. The van der Waals surface area contributed by atoms with E-state index in [1.807, 2.05) is 0 Å². The number of rotatable bonds is 7. The summed E-state index contributed by atoms with van der Waals surface area (Å²) in [5.41, 5.74) is 0. The van der Waals surface area contributed by atoms with Crippen molar-refractivity contribution in [2.45, 2.75) is 52.4 Å². The van der Waals surface area contributed by atoms with E-state index < -0.39 is 5.97 Å². The van der Waals surface area contributed by atoms with E-state index >= 15 is 0 Å². The third-order valence-corrected chi connectivity index (χ3v) is 1.92. The number of carboxylic acid groups (broad SMARTS) is 1. The molecule has 0 saturated heterocycles. The van der Waals surface area contributed by atoms with E-state index in [9.17, 15) is 4.79 Å². The lowest BCUT2D eigenvalue weighted by atomic mass is 10.2. The summed E-state index contributed by atoms with van der Waals surface area (Å²) in [5.74, 6) is -0.675. The number of carboxylic acids is 1. The van der Waals surface area contributed by atoms with Gasteiger partial charge in [0.2, 0.25) is 0 Å². The van der Waals surface area contributed by atoms with E-state index in [-0.39, 0.29) is 0 Å². The maximum absolute atomic E-state index is 9.96. The van der Waals surface area contributed by atoms with Gasteiger partial charge in [-0.2, -0.15) is 0 Å². The zero-order chi connectivity index (χ0) is 12.1. The Balaban J connectivity index is 0. The fraction of sp³-hybridized carbons (Fsp3) is 0.917. The second-order valence-electron chi connectivity index (χ2n) is 4.01. The molecule has 0 aliphatic heterocycles. The fourth-order valence-corrected chi connectivity index (χ4v) is 1.15. The topological polar surface area (TPSA) is 40.5 Å². The Morgan fingerprint density at radius 1 is 1.07 bits per heavy atom. The maximum Gasteiger partial charge on any atom is 0.303 e. The monoisotopic (exact) mass is 217 g/mol. The number of nitrogens with zero attached hydrogens (tertiary/aromatic N) is 1. The summed E-state index contributed by atoms with van der Waals surface area (Å²) in [6.07, 6.45) is 5.81. The fourth-order valence-electron chi connectivity index (χ4n) is 1.15. The van der Waals surface area contributed by atoms with Gasteiger partial charge in [0.15, 0.2) is 0 Å². The molecule has 0 aromatic rings. The van der Waals surface area contributed by atoms with Crippen LogP contribution in [-0.4, -0.2) is 36.6 Å². The predicted molar refractivity (Wildman–Crippen MR) is 65.2 cm³/mol. The highest BCUT2D eigenvalue weighted by atomic mass is 16.4. The zero-order valence-electron chi connectivity index (χ0n) is 10.8. The van der Waals surface area contributed by atoms with Crippen LogP contribution < -0.4 is 0 Å². The van der Waals surface area contributed by atoms with E-state index in [2.05, 4.69) is 32.8 Å². The highest BCUT2D eigenvalue weighted by Crippen LogP contribution is 2.01. The minimum absolute atomic E-state index is 0.333. The SMILES string of the molecule is CCCCCCC(=O)O.CCCN(C)C. The van der Waals surface area contributed by atoms with Crippen molar-refractivity contribution in [1.29, 1.82) is 0 Å². The Bertz CT molecular complexity index is 136. The molecule has 15 heavy (non-hydrogen) atoms. The quantitative estimate of drug-likeness (QED) is 0.666. The summed E-state index contributed by atoms with van der Waals surface area (Å²) in [7, 11) is 4.17. The summed E-state index contributed by atoms with van der Waals surface area (Å²) in [6, 6.07) is 0. The molecule has 0 aliphatic carbocycles. The number of aliphatic carboxylic acids is 1. The lowest BCUT2D eigenvalue weighted by molar-refractivity contribution is -0.137. The van der Waals surface area contributed by atoms with Crippen LogP contribution in [0.25, 0.3) is 0 Å². The van der Waals surface area contributed by atoms with Gasteiger partial charge in [-0.05, 0) is 33.5 Å². The summed E-state index contributed by atoms with van der Waals surface area (Å²) >= 11 is 0. The van der Waals surface area contributed by atoms with Gasteiger partial charge in [0.1, 0.15) is 0 Å². The largest absolute Gasteiger partial charge is 0.481 e. The summed E-state index contributed by atoms with van der Waals surface area (Å²) < 4.78 is 0. The average molecular weight is 217 g/mol. The minimum Gasteiger partial charge on any atom is -0.481 e. The third-order valence-electron chi connectivity index (χ3n) is 1.92. The molecular formula is C12H27NO2. The van der Waals surface area contributed by atoms with E-state index in [0.717, 1.165) is 19.3 Å². The van der Waals surface area contributed by atoms with Crippen molar-refractivity contribution in [2.24, 2.45) is 0 Å². The molecule has 92 valence electrons. The Kier molecular flexibility index (Phi) is 15.1. The summed E-state index contributed by atoms with van der Waals surface area (Å²) in [4.78, 5) is 12.1. The molecule has 0 radical (unpaired) electrons. The van der Waals surface area contributed by atoms with Crippen LogP contribution in [0.2, 0.25) is 0 Å². The smallest absolute Gasteiger partial charge is 0.303 e. The third kappa shape index (κ3) is 24.7. The molecule has 0 rings (SSSR count). The molecule has 0 bridgehead atoms. The van der Waals surface area contributed by atoms with E-state index in [4.69, 9.17) is 5.11 Å². The first-order valence-electron chi connectivity index (χ1n) is 5.91. The van der Waals surface area contributed by atoms with Crippen LogP contribution in [0.15, 0.2) is 0 Å². The van der Waals surface area contributed by atoms with Gasteiger partial charge < -0.3 is 10.0 Å². The van der Waals surface area contributed by atoms with Gasteiger partial charge in [0.05, 0.1) is 0 Å². The van der Waals surface area contributed by atoms with E-state index in [1.165, 1.54) is 19.4 Å². The predicted octanol–water partition coefficient (Wildman–Crippen LogP) is 3.00. The van der Waals surface area contributed by atoms with E-state index in [1.54, 1.807) is 0 Å². The van der Waals surface area contributed by atoms with Crippen molar-refractivity contribution in [3.63, 3.8) is 0 Å². The molecule has 0 aromatic carbocycles. The molecule has 0 spiro atoms. The van der Waals surface area contributed by atoms with Crippen LogP contribution in [0.3, 0.4) is 0 Å². The standard InChI is InChI=1S/C7H14O2.C5H13N/c1-2-3-4-5-6-7(8)9;1-4-5-6(2)3/h2-6H2,1H3,(H,8,9);4-5H2,1-3H3. The molecule has 0 aromatic heterocycles. The molecule has 0 heterocycles. The maximum atomic E-state index is 9.96. The van der Waals surface area contributed by atoms with Crippen molar-refractivity contribution >= 4 is 5.97 Å². The highest BCUT2D eigenvalue weighted by molar-refractivity contribution is 5.66. The molecule has 0 saturated carbocycles. The van der Waals surface area contributed by atoms with Crippen LogP contribution in [0.5, 0.6) is 0 Å². The van der Waals surface area contributed by atoms with Crippen LogP contribution >= 0.6 is 0 Å².